The number of ether oxygens (including phenoxy) is 1. The quantitative estimate of drug-likeness (QED) is 0.584. The second-order valence-corrected chi connectivity index (χ2v) is 3.49. The Hall–Kier alpha value is -0.630. The van der Waals surface area contributed by atoms with Gasteiger partial charge < -0.3 is 14.7 Å². The summed E-state index contributed by atoms with van der Waals surface area (Å²) in [7, 11) is 3.54. The third-order valence-electron chi connectivity index (χ3n) is 1.96. The molecule has 0 aliphatic heterocycles. The van der Waals surface area contributed by atoms with Gasteiger partial charge in [0.25, 0.3) is 0 Å². The molecule has 0 saturated heterocycles. The SMILES string of the molecule is COCC(O)CN(C)CCCCC#N. The average molecular weight is 200 g/mol. The van der Waals surface area contributed by atoms with E-state index in [-0.39, 0.29) is 0 Å². The fourth-order valence-electron chi connectivity index (χ4n) is 1.28. The Morgan fingerprint density at radius 1 is 1.50 bits per heavy atom. The molecule has 82 valence electrons. The first kappa shape index (κ1) is 13.4. The standard InChI is InChI=1S/C10H20N2O2/c1-12(7-5-3-4-6-11)8-10(13)9-14-2/h10,13H,3-5,7-9H2,1-2H3. The molecule has 14 heavy (non-hydrogen) atoms. The summed E-state index contributed by atoms with van der Waals surface area (Å²) >= 11 is 0. The summed E-state index contributed by atoms with van der Waals surface area (Å²) in [5, 5.41) is 17.7. The number of methoxy groups -OCH3 is 1. The highest BCUT2D eigenvalue weighted by molar-refractivity contribution is 4.69. The summed E-state index contributed by atoms with van der Waals surface area (Å²) < 4.78 is 4.83. The van der Waals surface area contributed by atoms with E-state index in [1.807, 2.05) is 7.05 Å². The van der Waals surface area contributed by atoms with Crippen molar-refractivity contribution >= 4 is 0 Å². The molecule has 1 atom stereocenters. The number of nitriles is 1. The summed E-state index contributed by atoms with van der Waals surface area (Å²) in [6, 6.07) is 2.11. The van der Waals surface area contributed by atoms with Crippen molar-refractivity contribution < 1.29 is 9.84 Å². The van der Waals surface area contributed by atoms with E-state index in [0.717, 1.165) is 19.4 Å². The fourth-order valence-corrected chi connectivity index (χ4v) is 1.28. The van der Waals surface area contributed by atoms with Crippen molar-refractivity contribution in [3.8, 4) is 6.07 Å². The lowest BCUT2D eigenvalue weighted by molar-refractivity contribution is 0.0430. The van der Waals surface area contributed by atoms with E-state index in [0.29, 0.717) is 19.6 Å². The highest BCUT2D eigenvalue weighted by Crippen LogP contribution is 1.97. The third kappa shape index (κ3) is 7.99. The van der Waals surface area contributed by atoms with E-state index in [1.165, 1.54) is 0 Å². The Kier molecular flexibility index (Phi) is 8.54. The van der Waals surface area contributed by atoms with Crippen LogP contribution in [0.4, 0.5) is 0 Å². The number of unbranched alkanes of at least 4 members (excludes halogenated alkanes) is 2. The van der Waals surface area contributed by atoms with Gasteiger partial charge in [-0.25, -0.2) is 0 Å². The summed E-state index contributed by atoms with van der Waals surface area (Å²) in [4.78, 5) is 2.06. The predicted molar refractivity (Wildman–Crippen MR) is 54.8 cm³/mol. The van der Waals surface area contributed by atoms with E-state index >= 15 is 0 Å². The first-order chi connectivity index (χ1) is 6.70. The van der Waals surface area contributed by atoms with E-state index < -0.39 is 6.10 Å². The van der Waals surface area contributed by atoms with Crippen LogP contribution >= 0.6 is 0 Å². The van der Waals surface area contributed by atoms with Gasteiger partial charge in [-0.2, -0.15) is 5.26 Å². The molecule has 0 aromatic heterocycles. The number of nitrogens with zero attached hydrogens (tertiary/aromatic N) is 2. The molecule has 0 aromatic rings. The first-order valence-electron chi connectivity index (χ1n) is 4.93. The molecule has 0 rings (SSSR count). The van der Waals surface area contributed by atoms with Gasteiger partial charge in [-0.1, -0.05) is 0 Å². The molecular formula is C10H20N2O2. The van der Waals surface area contributed by atoms with Crippen LogP contribution in [0.5, 0.6) is 0 Å². The largest absolute Gasteiger partial charge is 0.389 e. The summed E-state index contributed by atoms with van der Waals surface area (Å²) in [6.45, 7) is 1.92. The molecule has 0 aromatic carbocycles. The number of likely N-dealkylation sites (N-methyl/N-ethyl adjacent to an activating group) is 1. The molecule has 0 aliphatic carbocycles. The van der Waals surface area contributed by atoms with E-state index in [4.69, 9.17) is 10.00 Å². The van der Waals surface area contributed by atoms with E-state index in [1.54, 1.807) is 7.11 Å². The van der Waals surface area contributed by atoms with Crippen molar-refractivity contribution in [1.82, 2.24) is 4.90 Å². The molecule has 4 nitrogen and oxygen atoms in total. The Bertz CT molecular complexity index is 168. The summed E-state index contributed by atoms with van der Waals surface area (Å²) in [5.41, 5.74) is 0. The predicted octanol–water partition coefficient (Wildman–Crippen LogP) is 0.619. The topological polar surface area (TPSA) is 56.5 Å². The van der Waals surface area contributed by atoms with Gasteiger partial charge in [0.1, 0.15) is 0 Å². The van der Waals surface area contributed by atoms with Crippen LogP contribution in [-0.2, 0) is 4.74 Å². The zero-order chi connectivity index (χ0) is 10.8. The van der Waals surface area contributed by atoms with Crippen molar-refractivity contribution in [2.45, 2.75) is 25.4 Å². The number of rotatable bonds is 8. The highest BCUT2D eigenvalue weighted by atomic mass is 16.5. The van der Waals surface area contributed by atoms with Crippen molar-refractivity contribution in [3.63, 3.8) is 0 Å². The summed E-state index contributed by atoms with van der Waals surface area (Å²) in [6.07, 6.45) is 2.14. The van der Waals surface area contributed by atoms with Gasteiger partial charge in [-0.15, -0.1) is 0 Å². The lowest BCUT2D eigenvalue weighted by atomic mass is 10.2. The second kappa shape index (κ2) is 8.95. The van der Waals surface area contributed by atoms with Crippen LogP contribution in [0.2, 0.25) is 0 Å². The van der Waals surface area contributed by atoms with E-state index in [9.17, 15) is 5.11 Å². The van der Waals surface area contributed by atoms with Gasteiger partial charge >= 0.3 is 0 Å². The fraction of sp³-hybridized carbons (Fsp3) is 0.900. The summed E-state index contributed by atoms with van der Waals surface area (Å²) in [5.74, 6) is 0. The van der Waals surface area contributed by atoms with Crippen LogP contribution in [0.1, 0.15) is 19.3 Å². The smallest absolute Gasteiger partial charge is 0.0899 e. The molecule has 0 saturated carbocycles. The van der Waals surface area contributed by atoms with Crippen molar-refractivity contribution in [2.75, 3.05) is 33.9 Å². The maximum atomic E-state index is 9.40. The van der Waals surface area contributed by atoms with Gasteiger partial charge in [-0.3, -0.25) is 0 Å². The number of hydrogen-bond acceptors (Lipinski definition) is 4. The molecule has 0 bridgehead atoms. The number of hydrogen-bond donors (Lipinski definition) is 1. The van der Waals surface area contributed by atoms with Crippen LogP contribution in [0, 0.1) is 11.3 Å². The molecular weight excluding hydrogens is 180 g/mol. The monoisotopic (exact) mass is 200 g/mol. The van der Waals surface area contributed by atoms with Gasteiger partial charge in [0.15, 0.2) is 0 Å². The molecule has 4 heteroatoms. The highest BCUT2D eigenvalue weighted by Gasteiger charge is 2.06. The van der Waals surface area contributed by atoms with Crippen LogP contribution in [0.25, 0.3) is 0 Å². The molecule has 0 amide bonds. The Balaban J connectivity index is 3.36. The Morgan fingerprint density at radius 2 is 2.21 bits per heavy atom. The zero-order valence-corrected chi connectivity index (χ0v) is 9.07. The van der Waals surface area contributed by atoms with Crippen LogP contribution in [0.3, 0.4) is 0 Å². The lowest BCUT2D eigenvalue weighted by Gasteiger charge is -2.19. The van der Waals surface area contributed by atoms with E-state index in [2.05, 4.69) is 11.0 Å². The van der Waals surface area contributed by atoms with Crippen molar-refractivity contribution in [2.24, 2.45) is 0 Å². The minimum absolute atomic E-state index is 0.378. The van der Waals surface area contributed by atoms with Gasteiger partial charge in [0.05, 0.1) is 18.8 Å². The maximum absolute atomic E-state index is 9.40. The molecule has 0 heterocycles. The van der Waals surface area contributed by atoms with Gasteiger partial charge in [0, 0.05) is 20.1 Å². The average Bonchev–Trinajstić information content (AvgIpc) is 2.13. The molecule has 0 aliphatic rings. The minimum Gasteiger partial charge on any atom is -0.389 e. The van der Waals surface area contributed by atoms with Gasteiger partial charge in [-0.05, 0) is 26.4 Å². The van der Waals surface area contributed by atoms with Crippen LogP contribution < -0.4 is 0 Å². The maximum Gasteiger partial charge on any atom is 0.0899 e. The van der Waals surface area contributed by atoms with Crippen LogP contribution in [-0.4, -0.2) is 50.0 Å². The number of aliphatic hydroxyl groups excluding tert-OH is 1. The van der Waals surface area contributed by atoms with Gasteiger partial charge in [0.2, 0.25) is 0 Å². The molecule has 0 fully saturated rings. The van der Waals surface area contributed by atoms with Crippen molar-refractivity contribution in [1.29, 1.82) is 5.26 Å². The van der Waals surface area contributed by atoms with Crippen LogP contribution in [0.15, 0.2) is 0 Å². The molecule has 0 radical (unpaired) electrons. The normalized spacial score (nSPS) is 12.8. The minimum atomic E-state index is -0.416. The first-order valence-corrected chi connectivity index (χ1v) is 4.93. The Labute approximate surface area is 86.1 Å². The molecule has 1 N–H and O–H groups in total. The Morgan fingerprint density at radius 3 is 2.79 bits per heavy atom. The lowest BCUT2D eigenvalue weighted by Crippen LogP contribution is -2.32. The zero-order valence-electron chi connectivity index (χ0n) is 9.07. The third-order valence-corrected chi connectivity index (χ3v) is 1.96. The molecule has 0 spiro atoms. The number of aliphatic hydroxyl groups is 1. The van der Waals surface area contributed by atoms with Crippen molar-refractivity contribution in [3.05, 3.63) is 0 Å². The second-order valence-electron chi connectivity index (χ2n) is 3.49. The molecule has 1 unspecified atom stereocenters.